The van der Waals surface area contributed by atoms with Crippen LogP contribution in [0.25, 0.3) is 11.1 Å². The van der Waals surface area contributed by atoms with Crippen molar-refractivity contribution in [1.29, 1.82) is 0 Å². The van der Waals surface area contributed by atoms with Gasteiger partial charge in [-0.3, -0.25) is 9.89 Å². The number of carbonyl (C=O) groups excluding carboxylic acids is 2. The van der Waals surface area contributed by atoms with Crippen LogP contribution in [-0.2, 0) is 9.53 Å². The number of H-pyrrole nitrogens is 1. The number of aromatic nitrogens is 2. The minimum Gasteiger partial charge on any atom is -0.446 e. The predicted molar refractivity (Wildman–Crippen MR) is 122 cm³/mol. The quantitative estimate of drug-likeness (QED) is 0.558. The zero-order valence-electron chi connectivity index (χ0n) is 18.8. The van der Waals surface area contributed by atoms with Gasteiger partial charge in [0, 0.05) is 16.9 Å². The molecule has 3 aliphatic carbocycles. The van der Waals surface area contributed by atoms with Gasteiger partial charge in [0.25, 0.3) is 0 Å². The maximum absolute atomic E-state index is 13.3. The number of hydrogen-bond donors (Lipinski definition) is 3. The highest BCUT2D eigenvalue weighted by molar-refractivity contribution is 5.97. The van der Waals surface area contributed by atoms with Crippen LogP contribution in [0.5, 0.6) is 0 Å². The number of ether oxygens (including phenoxy) is 1. The molecular weight excluding hydrogens is 404 g/mol. The molecule has 0 spiro atoms. The van der Waals surface area contributed by atoms with Gasteiger partial charge in [-0.2, -0.15) is 5.10 Å². The summed E-state index contributed by atoms with van der Waals surface area (Å²) in [5.41, 5.74) is 4.83. The molecule has 5 rings (SSSR count). The Labute approximate surface area is 188 Å². The summed E-state index contributed by atoms with van der Waals surface area (Å²) < 4.78 is 5.51. The molecule has 7 heteroatoms. The lowest BCUT2D eigenvalue weighted by Crippen LogP contribution is -2.51. The molecule has 2 aromatic rings. The highest BCUT2D eigenvalue weighted by Gasteiger charge is 2.48. The van der Waals surface area contributed by atoms with Crippen LogP contribution in [0.1, 0.15) is 56.3 Å². The Morgan fingerprint density at radius 1 is 1.03 bits per heavy atom. The van der Waals surface area contributed by atoms with E-state index in [0.29, 0.717) is 11.8 Å². The molecule has 0 bridgehead atoms. The highest BCUT2D eigenvalue weighted by Crippen LogP contribution is 2.51. The summed E-state index contributed by atoms with van der Waals surface area (Å²) in [5, 5.41) is 13.3. The van der Waals surface area contributed by atoms with Crippen molar-refractivity contribution in [1.82, 2.24) is 15.5 Å². The van der Waals surface area contributed by atoms with E-state index in [4.69, 9.17) is 4.74 Å². The number of aryl methyl sites for hydroxylation is 2. The van der Waals surface area contributed by atoms with E-state index < -0.39 is 12.1 Å². The maximum Gasteiger partial charge on any atom is 0.408 e. The third-order valence-corrected chi connectivity index (χ3v) is 7.17. The summed E-state index contributed by atoms with van der Waals surface area (Å²) >= 11 is 0. The summed E-state index contributed by atoms with van der Waals surface area (Å²) in [6, 6.07) is 7.25. The Hall–Kier alpha value is -2.83. The van der Waals surface area contributed by atoms with Gasteiger partial charge in [0.05, 0.1) is 5.69 Å². The topological polar surface area (TPSA) is 96.1 Å². The van der Waals surface area contributed by atoms with Crippen LogP contribution in [0.15, 0.2) is 24.3 Å². The first-order valence-electron chi connectivity index (χ1n) is 11.9. The molecule has 3 fully saturated rings. The average Bonchev–Trinajstić information content (AvgIpc) is 3.66. The lowest BCUT2D eigenvalue weighted by Gasteiger charge is -2.30. The Balaban J connectivity index is 1.30. The highest BCUT2D eigenvalue weighted by atomic mass is 16.6. The van der Waals surface area contributed by atoms with Gasteiger partial charge in [0.1, 0.15) is 12.1 Å². The molecule has 1 aromatic heterocycles. The fourth-order valence-electron chi connectivity index (χ4n) is 4.95. The summed E-state index contributed by atoms with van der Waals surface area (Å²) in [6.45, 7) is 3.98. The number of alkyl carbamates (subject to hydrolysis) is 1. The van der Waals surface area contributed by atoms with Crippen LogP contribution in [0.2, 0.25) is 0 Å². The van der Waals surface area contributed by atoms with Crippen LogP contribution in [0.3, 0.4) is 0 Å². The van der Waals surface area contributed by atoms with Crippen molar-refractivity contribution in [3.8, 4) is 11.1 Å². The van der Waals surface area contributed by atoms with Gasteiger partial charge in [-0.15, -0.1) is 0 Å². The van der Waals surface area contributed by atoms with E-state index in [9.17, 15) is 9.59 Å². The molecule has 1 atom stereocenters. The Bertz CT molecular complexity index is 956. The van der Waals surface area contributed by atoms with Gasteiger partial charge >= 0.3 is 6.09 Å². The first-order valence-corrected chi connectivity index (χ1v) is 11.9. The van der Waals surface area contributed by atoms with Gasteiger partial charge in [0.15, 0.2) is 0 Å². The van der Waals surface area contributed by atoms with Crippen LogP contribution in [-0.4, -0.2) is 34.3 Å². The second kappa shape index (κ2) is 8.60. The molecule has 1 aromatic carbocycles. The number of benzene rings is 1. The first kappa shape index (κ1) is 21.0. The van der Waals surface area contributed by atoms with E-state index in [1.165, 1.54) is 0 Å². The summed E-state index contributed by atoms with van der Waals surface area (Å²) in [4.78, 5) is 25.9. The van der Waals surface area contributed by atoms with E-state index >= 15 is 0 Å². The number of carbonyl (C=O) groups is 2. The van der Waals surface area contributed by atoms with Crippen molar-refractivity contribution < 1.29 is 14.3 Å². The molecule has 3 N–H and O–H groups in total. The molecule has 3 aliphatic rings. The van der Waals surface area contributed by atoms with Crippen molar-refractivity contribution in [2.75, 3.05) is 5.32 Å². The van der Waals surface area contributed by atoms with Crippen molar-refractivity contribution in [2.24, 2.45) is 17.8 Å². The maximum atomic E-state index is 13.3. The van der Waals surface area contributed by atoms with E-state index in [1.807, 2.05) is 38.1 Å². The SMILES string of the molecule is Cc1n[nH]c(C)c1-c1ccc(NC(=O)[C@@H](NC(=O)OC2CCC2)C(C2CC2)C2CC2)cc1. The zero-order chi connectivity index (χ0) is 22.2. The standard InChI is InChI=1S/C25H32N4O3/c1-14-21(15(2)29-28-14)16-10-12-19(13-11-16)26-24(30)23(22(17-6-7-17)18-8-9-18)27-25(31)32-20-4-3-5-20/h10-13,17-18,20,22-23H,3-9H2,1-2H3,(H,26,30)(H,27,31)(H,28,29)/t23-/m0/s1. The summed E-state index contributed by atoms with van der Waals surface area (Å²) in [5.74, 6) is 1.09. The smallest absolute Gasteiger partial charge is 0.408 e. The molecule has 32 heavy (non-hydrogen) atoms. The molecular formula is C25H32N4O3. The zero-order valence-corrected chi connectivity index (χ0v) is 18.8. The Morgan fingerprint density at radius 2 is 1.69 bits per heavy atom. The number of nitrogens with zero attached hydrogens (tertiary/aromatic N) is 1. The van der Waals surface area contributed by atoms with E-state index in [0.717, 1.165) is 73.1 Å². The van der Waals surface area contributed by atoms with E-state index in [2.05, 4.69) is 20.8 Å². The largest absolute Gasteiger partial charge is 0.446 e. The van der Waals surface area contributed by atoms with Crippen LogP contribution in [0, 0.1) is 31.6 Å². The minimum absolute atomic E-state index is 0.00129. The second-order valence-electron chi connectivity index (χ2n) is 9.71. The lowest BCUT2D eigenvalue weighted by molar-refractivity contribution is -0.119. The number of amides is 2. The Kier molecular flexibility index (Phi) is 5.66. The average molecular weight is 437 g/mol. The normalized spacial score (nSPS) is 19.3. The Morgan fingerprint density at radius 3 is 2.19 bits per heavy atom. The van der Waals surface area contributed by atoms with Gasteiger partial charge in [-0.25, -0.2) is 4.79 Å². The first-order chi connectivity index (χ1) is 15.5. The molecule has 2 amide bonds. The monoisotopic (exact) mass is 436 g/mol. The van der Waals surface area contributed by atoms with Crippen molar-refractivity contribution >= 4 is 17.7 Å². The minimum atomic E-state index is -0.555. The lowest BCUT2D eigenvalue weighted by atomic mass is 9.88. The number of hydrogen-bond acceptors (Lipinski definition) is 4. The van der Waals surface area contributed by atoms with Crippen molar-refractivity contribution in [3.63, 3.8) is 0 Å². The van der Waals surface area contributed by atoms with Crippen molar-refractivity contribution in [3.05, 3.63) is 35.7 Å². The molecule has 3 saturated carbocycles. The third kappa shape index (κ3) is 4.52. The van der Waals surface area contributed by atoms with Crippen LogP contribution in [0.4, 0.5) is 10.5 Å². The molecule has 7 nitrogen and oxygen atoms in total. The van der Waals surface area contributed by atoms with E-state index in [-0.39, 0.29) is 17.9 Å². The molecule has 0 unspecified atom stereocenters. The van der Waals surface area contributed by atoms with Crippen LogP contribution < -0.4 is 10.6 Å². The van der Waals surface area contributed by atoms with Gasteiger partial charge in [-0.05, 0) is 94.2 Å². The fraction of sp³-hybridized carbons (Fsp3) is 0.560. The van der Waals surface area contributed by atoms with E-state index in [1.54, 1.807) is 0 Å². The summed E-state index contributed by atoms with van der Waals surface area (Å²) in [7, 11) is 0. The molecule has 170 valence electrons. The number of aromatic amines is 1. The number of rotatable bonds is 8. The number of nitrogens with one attached hydrogen (secondary N) is 3. The van der Waals surface area contributed by atoms with Gasteiger partial charge < -0.3 is 15.4 Å². The fourth-order valence-corrected chi connectivity index (χ4v) is 4.95. The summed E-state index contributed by atoms with van der Waals surface area (Å²) in [6.07, 6.45) is 7.05. The third-order valence-electron chi connectivity index (χ3n) is 7.17. The van der Waals surface area contributed by atoms with Gasteiger partial charge in [-0.1, -0.05) is 12.1 Å². The molecule has 1 heterocycles. The molecule has 0 aliphatic heterocycles. The van der Waals surface area contributed by atoms with Crippen molar-refractivity contribution in [2.45, 2.75) is 70.9 Å². The number of anilines is 1. The molecule has 0 radical (unpaired) electrons. The second-order valence-corrected chi connectivity index (χ2v) is 9.71. The van der Waals surface area contributed by atoms with Gasteiger partial charge in [0.2, 0.25) is 5.91 Å². The predicted octanol–water partition coefficient (Wildman–Crippen LogP) is 4.72. The van der Waals surface area contributed by atoms with Crippen LogP contribution >= 0.6 is 0 Å². The molecule has 0 saturated heterocycles.